The molecule has 0 aliphatic heterocycles. The predicted molar refractivity (Wildman–Crippen MR) is 95.1 cm³/mol. The Morgan fingerprint density at radius 3 is 2.71 bits per heavy atom. The van der Waals surface area contributed by atoms with Crippen molar-refractivity contribution < 1.29 is 0 Å². The number of nitrogens with zero attached hydrogens (tertiary/aromatic N) is 2. The summed E-state index contributed by atoms with van der Waals surface area (Å²) >= 11 is 5.41. The molecule has 0 unspecified atom stereocenters. The maximum atomic E-state index is 4.31. The van der Waals surface area contributed by atoms with Gasteiger partial charge in [0.15, 0.2) is 0 Å². The number of anilines is 1. The van der Waals surface area contributed by atoms with Gasteiger partial charge in [-0.05, 0) is 40.5 Å². The number of hydrogen-bond acceptors (Lipinski definition) is 4. The van der Waals surface area contributed by atoms with Crippen LogP contribution in [0.1, 0.15) is 30.0 Å². The molecule has 0 saturated carbocycles. The van der Waals surface area contributed by atoms with Gasteiger partial charge in [0.25, 0.3) is 0 Å². The molecule has 0 radical (unpaired) electrons. The van der Waals surface area contributed by atoms with Crippen molar-refractivity contribution in [2.45, 2.75) is 39.9 Å². The van der Waals surface area contributed by atoms with E-state index >= 15 is 0 Å². The minimum Gasteiger partial charge on any atom is -0.368 e. The van der Waals surface area contributed by atoms with Crippen molar-refractivity contribution in [1.29, 1.82) is 0 Å². The third-order valence-electron chi connectivity index (χ3n) is 3.36. The fourth-order valence-electron chi connectivity index (χ4n) is 2.07. The van der Waals surface area contributed by atoms with Crippen LogP contribution in [0.25, 0.3) is 0 Å². The summed E-state index contributed by atoms with van der Waals surface area (Å²) in [6, 6.07) is 7.06. The second kappa shape index (κ2) is 7.38. The van der Waals surface area contributed by atoms with Gasteiger partial charge in [-0.3, -0.25) is 0 Å². The molecule has 0 fully saturated rings. The largest absolute Gasteiger partial charge is 0.368 e. The molecule has 0 spiro atoms. The van der Waals surface area contributed by atoms with Gasteiger partial charge in [0.2, 0.25) is 0 Å². The van der Waals surface area contributed by atoms with Gasteiger partial charge in [-0.15, -0.1) is 11.3 Å². The van der Waals surface area contributed by atoms with E-state index in [0.717, 1.165) is 23.3 Å². The zero-order valence-corrected chi connectivity index (χ0v) is 15.4. The molecule has 2 aromatic rings. The van der Waals surface area contributed by atoms with Crippen molar-refractivity contribution in [1.82, 2.24) is 10.3 Å². The van der Waals surface area contributed by atoms with E-state index in [2.05, 4.69) is 77.1 Å². The number of aromatic nitrogens is 1. The van der Waals surface area contributed by atoms with Crippen LogP contribution in [-0.2, 0) is 13.1 Å². The maximum Gasteiger partial charge on any atom is 0.0798 e. The topological polar surface area (TPSA) is 28.2 Å². The van der Waals surface area contributed by atoms with Crippen LogP contribution in [0.5, 0.6) is 0 Å². The summed E-state index contributed by atoms with van der Waals surface area (Å²) in [5, 5.41) is 3.44. The Morgan fingerprint density at radius 1 is 1.38 bits per heavy atom. The molecule has 5 heteroatoms. The molecule has 21 heavy (non-hydrogen) atoms. The molecule has 0 atom stereocenters. The summed E-state index contributed by atoms with van der Waals surface area (Å²) in [7, 11) is 2.12. The summed E-state index contributed by atoms with van der Waals surface area (Å²) in [4.78, 5) is 7.88. The molecule has 114 valence electrons. The highest BCUT2D eigenvalue weighted by molar-refractivity contribution is 9.10. The van der Waals surface area contributed by atoms with Gasteiger partial charge < -0.3 is 10.2 Å². The average Bonchev–Trinajstić information content (AvgIpc) is 2.82. The van der Waals surface area contributed by atoms with Crippen LogP contribution in [-0.4, -0.2) is 18.1 Å². The fourth-order valence-corrected chi connectivity index (χ4v) is 3.63. The molecule has 1 N–H and O–H groups in total. The zero-order valence-electron chi connectivity index (χ0n) is 13.0. The summed E-state index contributed by atoms with van der Waals surface area (Å²) in [5.41, 5.74) is 5.53. The van der Waals surface area contributed by atoms with E-state index in [1.165, 1.54) is 16.1 Å². The normalized spacial score (nSPS) is 11.1. The van der Waals surface area contributed by atoms with Crippen molar-refractivity contribution >= 4 is 33.0 Å². The molecule has 0 saturated heterocycles. The van der Waals surface area contributed by atoms with Crippen LogP contribution in [0, 0.1) is 6.92 Å². The molecule has 0 aliphatic carbocycles. The number of benzene rings is 1. The minimum absolute atomic E-state index is 0.500. The molecular formula is C16H22BrN3S. The van der Waals surface area contributed by atoms with Crippen LogP contribution < -0.4 is 10.2 Å². The van der Waals surface area contributed by atoms with Crippen molar-refractivity contribution in [3.63, 3.8) is 0 Å². The molecule has 0 bridgehead atoms. The minimum atomic E-state index is 0.500. The van der Waals surface area contributed by atoms with E-state index in [4.69, 9.17) is 0 Å². The first-order valence-corrected chi connectivity index (χ1v) is 8.76. The highest BCUT2D eigenvalue weighted by atomic mass is 79.9. The second-order valence-corrected chi connectivity index (χ2v) is 7.33. The highest BCUT2D eigenvalue weighted by Crippen LogP contribution is 2.28. The third kappa shape index (κ3) is 4.53. The molecular weight excluding hydrogens is 346 g/mol. The highest BCUT2D eigenvalue weighted by Gasteiger charge is 2.10. The summed E-state index contributed by atoms with van der Waals surface area (Å²) in [6.45, 7) is 8.17. The Morgan fingerprint density at radius 2 is 2.14 bits per heavy atom. The number of aryl methyl sites for hydroxylation is 1. The smallest absolute Gasteiger partial charge is 0.0798 e. The Bertz CT molecular complexity index is 595. The first-order valence-electron chi connectivity index (χ1n) is 7.09. The Labute approximate surface area is 139 Å². The lowest BCUT2D eigenvalue weighted by molar-refractivity contribution is 0.589. The van der Waals surface area contributed by atoms with Crippen LogP contribution in [0.2, 0.25) is 0 Å². The lowest BCUT2D eigenvalue weighted by atomic mass is 10.2. The Kier molecular flexibility index (Phi) is 5.79. The van der Waals surface area contributed by atoms with Crippen LogP contribution >= 0.6 is 27.3 Å². The summed E-state index contributed by atoms with van der Waals surface area (Å²) in [6.07, 6.45) is 0. The van der Waals surface area contributed by atoms with Gasteiger partial charge in [-0.2, -0.15) is 0 Å². The van der Waals surface area contributed by atoms with Gasteiger partial charge in [0.05, 0.1) is 23.4 Å². The standard InChI is InChI=1S/C16H22BrN3S/c1-11(2)18-8-13-5-6-15(14(17)7-13)20(4)9-16-12(3)19-10-21-16/h5-7,10-11,18H,8-9H2,1-4H3. The Balaban J connectivity index is 2.07. The van der Waals surface area contributed by atoms with Crippen molar-refractivity contribution in [2.24, 2.45) is 0 Å². The first-order chi connectivity index (χ1) is 9.97. The lowest BCUT2D eigenvalue weighted by Gasteiger charge is -2.21. The maximum absolute atomic E-state index is 4.31. The van der Waals surface area contributed by atoms with E-state index in [1.807, 2.05) is 5.51 Å². The van der Waals surface area contributed by atoms with Crippen LogP contribution in [0.4, 0.5) is 5.69 Å². The van der Waals surface area contributed by atoms with E-state index in [9.17, 15) is 0 Å². The molecule has 1 heterocycles. The second-order valence-electron chi connectivity index (χ2n) is 5.54. The average molecular weight is 368 g/mol. The predicted octanol–water partition coefficient (Wildman–Crippen LogP) is 4.35. The zero-order chi connectivity index (χ0) is 15.4. The monoisotopic (exact) mass is 367 g/mol. The van der Waals surface area contributed by atoms with Gasteiger partial charge in [-0.1, -0.05) is 19.9 Å². The molecule has 1 aromatic carbocycles. The molecule has 0 aliphatic rings. The van der Waals surface area contributed by atoms with Gasteiger partial charge in [0, 0.05) is 29.0 Å². The Hall–Kier alpha value is -0.910. The van der Waals surface area contributed by atoms with Crippen molar-refractivity contribution in [2.75, 3.05) is 11.9 Å². The van der Waals surface area contributed by atoms with E-state index < -0.39 is 0 Å². The lowest BCUT2D eigenvalue weighted by Crippen LogP contribution is -2.22. The van der Waals surface area contributed by atoms with Crippen molar-refractivity contribution in [3.8, 4) is 0 Å². The molecule has 2 rings (SSSR count). The van der Waals surface area contributed by atoms with E-state index in [-0.39, 0.29) is 0 Å². The number of rotatable bonds is 6. The number of hydrogen-bond donors (Lipinski definition) is 1. The van der Waals surface area contributed by atoms with E-state index in [1.54, 1.807) is 11.3 Å². The summed E-state index contributed by atoms with van der Waals surface area (Å²) < 4.78 is 1.13. The van der Waals surface area contributed by atoms with Crippen molar-refractivity contribution in [3.05, 3.63) is 44.3 Å². The fraction of sp³-hybridized carbons (Fsp3) is 0.438. The molecule has 1 aromatic heterocycles. The third-order valence-corrected chi connectivity index (χ3v) is 4.92. The van der Waals surface area contributed by atoms with Gasteiger partial charge in [-0.25, -0.2) is 4.98 Å². The number of nitrogens with one attached hydrogen (secondary N) is 1. The SMILES string of the molecule is Cc1ncsc1CN(C)c1ccc(CNC(C)C)cc1Br. The first kappa shape index (κ1) is 16.5. The number of thiazole rings is 1. The quantitative estimate of drug-likeness (QED) is 0.822. The number of halogens is 1. The van der Waals surface area contributed by atoms with Crippen LogP contribution in [0.3, 0.4) is 0 Å². The summed E-state index contributed by atoms with van der Waals surface area (Å²) in [5.74, 6) is 0. The van der Waals surface area contributed by atoms with Crippen LogP contribution in [0.15, 0.2) is 28.2 Å². The molecule has 0 amide bonds. The molecule has 3 nitrogen and oxygen atoms in total. The van der Waals surface area contributed by atoms with Gasteiger partial charge in [0.1, 0.15) is 0 Å². The van der Waals surface area contributed by atoms with E-state index in [0.29, 0.717) is 6.04 Å². The van der Waals surface area contributed by atoms with Gasteiger partial charge >= 0.3 is 0 Å².